The second-order valence-electron chi connectivity index (χ2n) is 8.73. The van der Waals surface area contributed by atoms with Crippen LogP contribution in [0, 0.1) is 11.1 Å². The van der Waals surface area contributed by atoms with Gasteiger partial charge in [-0.2, -0.15) is 0 Å². The standard InChI is InChI=1S/C25H24N2O6/c1-4-31-24(29)21-19-17(25(2,3)33-27(21)30)14-26(15-10-6-5-7-11-15)23-20(19)22(28)16-12-8-9-13-18(16)32-23/h5-13,17,19H,4,14H2,1-3H3/t17-,19-/m0/s1. The van der Waals surface area contributed by atoms with Crippen LogP contribution in [0.25, 0.3) is 11.0 Å². The first-order valence-electron chi connectivity index (χ1n) is 10.9. The lowest BCUT2D eigenvalue weighted by atomic mass is 9.71. The highest BCUT2D eigenvalue weighted by Crippen LogP contribution is 2.48. The number of ether oxygens (including phenoxy) is 1. The molecular weight excluding hydrogens is 424 g/mol. The minimum atomic E-state index is -0.967. The maximum absolute atomic E-state index is 13.8. The molecule has 0 fully saturated rings. The highest BCUT2D eigenvalue weighted by molar-refractivity contribution is 6.36. The van der Waals surface area contributed by atoms with Crippen LogP contribution in [-0.4, -0.2) is 35.3 Å². The summed E-state index contributed by atoms with van der Waals surface area (Å²) in [7, 11) is 0. The molecule has 0 radical (unpaired) electrons. The Balaban J connectivity index is 1.84. The van der Waals surface area contributed by atoms with Crippen molar-refractivity contribution in [3.63, 3.8) is 0 Å². The largest absolute Gasteiger partial charge is 0.458 e. The summed E-state index contributed by atoms with van der Waals surface area (Å²) in [5, 5.41) is 13.3. The number of esters is 1. The fourth-order valence-electron chi connectivity index (χ4n) is 4.84. The summed E-state index contributed by atoms with van der Waals surface area (Å²) in [4.78, 5) is 34.5. The highest BCUT2D eigenvalue weighted by atomic mass is 16.9. The predicted octanol–water partition coefficient (Wildman–Crippen LogP) is 3.88. The van der Waals surface area contributed by atoms with Gasteiger partial charge in [0.2, 0.25) is 5.88 Å². The minimum Gasteiger partial charge on any atom is -0.458 e. The van der Waals surface area contributed by atoms with Gasteiger partial charge in [-0.05, 0) is 45.0 Å². The molecule has 170 valence electrons. The van der Waals surface area contributed by atoms with Crippen LogP contribution in [0.1, 0.15) is 32.3 Å². The minimum absolute atomic E-state index is 0.0896. The molecule has 8 nitrogen and oxygen atoms in total. The van der Waals surface area contributed by atoms with Crippen molar-refractivity contribution in [1.82, 2.24) is 0 Å². The zero-order valence-electron chi connectivity index (χ0n) is 18.6. The smallest absolute Gasteiger partial charge is 0.405 e. The van der Waals surface area contributed by atoms with E-state index in [2.05, 4.69) is 0 Å². The second kappa shape index (κ2) is 7.65. The number of rotatable bonds is 3. The molecular formula is C25H24N2O6. The van der Waals surface area contributed by atoms with E-state index in [0.717, 1.165) is 5.69 Å². The van der Waals surface area contributed by atoms with Crippen molar-refractivity contribution < 1.29 is 23.7 Å². The van der Waals surface area contributed by atoms with Gasteiger partial charge >= 0.3 is 11.7 Å². The lowest BCUT2D eigenvalue weighted by Gasteiger charge is -2.48. The third-order valence-electron chi connectivity index (χ3n) is 6.41. The van der Waals surface area contributed by atoms with Crippen molar-refractivity contribution in [2.24, 2.45) is 5.92 Å². The molecule has 2 atom stereocenters. The Labute approximate surface area is 190 Å². The molecule has 0 spiro atoms. The molecule has 0 unspecified atom stereocenters. The van der Waals surface area contributed by atoms with Crippen LogP contribution in [-0.2, 0) is 14.4 Å². The molecule has 1 aromatic heterocycles. The average Bonchev–Trinajstić information content (AvgIpc) is 2.79. The van der Waals surface area contributed by atoms with Gasteiger partial charge in [0, 0.05) is 18.2 Å². The molecule has 0 aliphatic carbocycles. The number of hydrogen-bond donors (Lipinski definition) is 0. The van der Waals surface area contributed by atoms with E-state index in [1.54, 1.807) is 45.0 Å². The Bertz CT molecular complexity index is 1330. The Morgan fingerprint density at radius 1 is 1.18 bits per heavy atom. The van der Waals surface area contributed by atoms with Gasteiger partial charge in [-0.25, -0.2) is 4.79 Å². The predicted molar refractivity (Wildman–Crippen MR) is 123 cm³/mol. The van der Waals surface area contributed by atoms with E-state index in [0.29, 0.717) is 23.4 Å². The Morgan fingerprint density at radius 3 is 2.61 bits per heavy atom. The highest BCUT2D eigenvalue weighted by Gasteiger charge is 2.56. The van der Waals surface area contributed by atoms with E-state index in [9.17, 15) is 14.8 Å². The van der Waals surface area contributed by atoms with E-state index in [1.165, 1.54) is 0 Å². The maximum atomic E-state index is 13.8. The topological polar surface area (TPSA) is 95.1 Å². The normalized spacial score (nSPS) is 21.2. The van der Waals surface area contributed by atoms with Gasteiger partial charge in [0.25, 0.3) is 0 Å². The fraction of sp³-hybridized carbons (Fsp3) is 0.320. The molecule has 3 aromatic rings. The summed E-state index contributed by atoms with van der Waals surface area (Å²) in [6.07, 6.45) is 0. The van der Waals surface area contributed by atoms with Crippen LogP contribution in [0.15, 0.2) is 63.8 Å². The van der Waals surface area contributed by atoms with Gasteiger partial charge < -0.3 is 18.9 Å². The van der Waals surface area contributed by atoms with E-state index < -0.39 is 23.4 Å². The van der Waals surface area contributed by atoms with Gasteiger partial charge in [-0.3, -0.25) is 10.0 Å². The summed E-state index contributed by atoms with van der Waals surface area (Å²) >= 11 is 0. The number of para-hydroxylation sites is 2. The maximum Gasteiger partial charge on any atom is 0.405 e. The summed E-state index contributed by atoms with van der Waals surface area (Å²) in [5.74, 6) is -1.73. The van der Waals surface area contributed by atoms with Crippen molar-refractivity contribution in [1.29, 1.82) is 0 Å². The number of nitrogens with zero attached hydrogens (tertiary/aromatic N) is 2. The quantitative estimate of drug-likeness (QED) is 0.443. The summed E-state index contributed by atoms with van der Waals surface area (Å²) < 4.78 is 11.5. The number of benzene rings is 2. The molecule has 3 heterocycles. The van der Waals surface area contributed by atoms with Crippen LogP contribution < -0.4 is 10.3 Å². The van der Waals surface area contributed by atoms with E-state index in [4.69, 9.17) is 14.0 Å². The molecule has 2 aliphatic rings. The first-order valence-corrected chi connectivity index (χ1v) is 10.9. The van der Waals surface area contributed by atoms with Crippen molar-refractivity contribution in [2.45, 2.75) is 32.3 Å². The lowest BCUT2D eigenvalue weighted by Crippen LogP contribution is -2.58. The third-order valence-corrected chi connectivity index (χ3v) is 6.41. The Morgan fingerprint density at radius 2 is 1.88 bits per heavy atom. The second-order valence-corrected chi connectivity index (χ2v) is 8.73. The van der Waals surface area contributed by atoms with E-state index in [-0.39, 0.29) is 28.2 Å². The summed E-state index contributed by atoms with van der Waals surface area (Å²) in [6.45, 7) is 5.69. The average molecular weight is 448 g/mol. The van der Waals surface area contributed by atoms with Crippen LogP contribution >= 0.6 is 0 Å². The molecule has 0 saturated heterocycles. The lowest BCUT2D eigenvalue weighted by molar-refractivity contribution is -0.772. The van der Waals surface area contributed by atoms with E-state index >= 15 is 0 Å². The zero-order valence-corrected chi connectivity index (χ0v) is 18.6. The SMILES string of the molecule is CCOC(=O)C1=[N+]([O-])OC(C)(C)[C@H]2CN(c3ccccc3)c3oc4ccccc4c(=O)c3[C@@H]12. The third kappa shape index (κ3) is 3.25. The van der Waals surface area contributed by atoms with Gasteiger partial charge in [0.15, 0.2) is 5.43 Å². The molecule has 2 aliphatic heterocycles. The molecule has 0 saturated carbocycles. The van der Waals surface area contributed by atoms with Crippen LogP contribution in [0.2, 0.25) is 0 Å². The van der Waals surface area contributed by atoms with Crippen molar-refractivity contribution in [3.8, 4) is 0 Å². The van der Waals surface area contributed by atoms with Crippen molar-refractivity contribution in [3.05, 3.63) is 75.6 Å². The first kappa shape index (κ1) is 21.1. The fourth-order valence-corrected chi connectivity index (χ4v) is 4.84. The van der Waals surface area contributed by atoms with E-state index in [1.807, 2.05) is 35.2 Å². The van der Waals surface area contributed by atoms with Gasteiger partial charge in [0.05, 0.1) is 34.0 Å². The Kier molecular flexibility index (Phi) is 4.88. The number of carbonyl (C=O) groups excluding carboxylic acids is 1. The van der Waals surface area contributed by atoms with Crippen molar-refractivity contribution in [2.75, 3.05) is 18.1 Å². The monoisotopic (exact) mass is 448 g/mol. The first-order chi connectivity index (χ1) is 15.8. The molecule has 5 rings (SSSR count). The van der Waals surface area contributed by atoms with Crippen LogP contribution in [0.4, 0.5) is 11.6 Å². The van der Waals surface area contributed by atoms with Crippen LogP contribution in [0.3, 0.4) is 0 Å². The number of carbonyl (C=O) groups is 1. The zero-order chi connectivity index (χ0) is 23.3. The summed E-state index contributed by atoms with van der Waals surface area (Å²) in [6, 6.07) is 16.5. The molecule has 0 bridgehead atoms. The summed E-state index contributed by atoms with van der Waals surface area (Å²) in [5.41, 5.74) is 0.0325. The molecule has 0 N–H and O–H groups in total. The molecule has 8 heteroatoms. The van der Waals surface area contributed by atoms with Gasteiger partial charge in [0.1, 0.15) is 5.58 Å². The number of anilines is 2. The van der Waals surface area contributed by atoms with Crippen LogP contribution in [0.5, 0.6) is 0 Å². The molecule has 33 heavy (non-hydrogen) atoms. The van der Waals surface area contributed by atoms with Gasteiger partial charge in [-0.15, -0.1) is 0 Å². The van der Waals surface area contributed by atoms with Crippen molar-refractivity contribution >= 4 is 34.2 Å². The molecule has 2 aromatic carbocycles. The molecule has 0 amide bonds. The Hall–Kier alpha value is -3.81. The van der Waals surface area contributed by atoms with Gasteiger partial charge in [-0.1, -0.05) is 30.3 Å². The number of hydrogen-bond acceptors (Lipinski definition) is 7. The number of fused-ring (bicyclic) bond motifs is 4.